The van der Waals surface area contributed by atoms with Crippen LogP contribution in [-0.4, -0.2) is 23.5 Å². The highest BCUT2D eigenvalue weighted by molar-refractivity contribution is 4.96. The van der Waals surface area contributed by atoms with Crippen molar-refractivity contribution in [1.29, 1.82) is 0 Å². The smallest absolute Gasteiger partial charge is 0.0104 e. The summed E-state index contributed by atoms with van der Waals surface area (Å²) in [4.78, 5) is 2.69. The third-order valence-corrected chi connectivity index (χ3v) is 3.60. The predicted molar refractivity (Wildman–Crippen MR) is 47.5 cm³/mol. The third-order valence-electron chi connectivity index (χ3n) is 3.60. The second kappa shape index (κ2) is 2.48. The molecule has 1 aliphatic carbocycles. The van der Waals surface area contributed by atoms with Crippen molar-refractivity contribution >= 4 is 0 Å². The van der Waals surface area contributed by atoms with Gasteiger partial charge in [0.05, 0.1) is 0 Å². The van der Waals surface area contributed by atoms with E-state index in [0.29, 0.717) is 0 Å². The summed E-state index contributed by atoms with van der Waals surface area (Å²) >= 11 is 0. The highest BCUT2D eigenvalue weighted by Gasteiger charge is 2.42. The molecule has 0 radical (unpaired) electrons. The molecule has 3 atom stereocenters. The Morgan fingerprint density at radius 3 is 2.36 bits per heavy atom. The van der Waals surface area contributed by atoms with E-state index >= 15 is 0 Å². The van der Waals surface area contributed by atoms with E-state index < -0.39 is 0 Å². The Balaban J connectivity index is 2.02. The Kier molecular flexibility index (Phi) is 1.71. The molecule has 2 aliphatic rings. The van der Waals surface area contributed by atoms with E-state index in [0.717, 1.165) is 23.9 Å². The monoisotopic (exact) mass is 153 g/mol. The maximum absolute atomic E-state index is 2.69. The van der Waals surface area contributed by atoms with E-state index in [9.17, 15) is 0 Å². The molecule has 1 aliphatic heterocycles. The molecule has 0 aromatic heterocycles. The Morgan fingerprint density at radius 1 is 1.27 bits per heavy atom. The number of hydrogen-bond acceptors (Lipinski definition) is 1. The third kappa shape index (κ3) is 1.10. The maximum Gasteiger partial charge on any atom is 0.0104 e. The molecule has 0 aromatic carbocycles. The fourth-order valence-electron chi connectivity index (χ4n) is 2.88. The molecule has 0 aromatic rings. The van der Waals surface area contributed by atoms with Crippen LogP contribution in [0, 0.1) is 11.8 Å². The molecule has 0 spiro atoms. The van der Waals surface area contributed by atoms with Crippen LogP contribution in [0.2, 0.25) is 0 Å². The van der Waals surface area contributed by atoms with Crippen LogP contribution in [-0.2, 0) is 0 Å². The van der Waals surface area contributed by atoms with Gasteiger partial charge in [-0.2, -0.15) is 0 Å². The Morgan fingerprint density at radius 2 is 2.00 bits per heavy atom. The van der Waals surface area contributed by atoms with Gasteiger partial charge in [-0.05, 0) is 38.5 Å². The minimum atomic E-state index is 0.775. The van der Waals surface area contributed by atoms with Gasteiger partial charge in [-0.3, -0.25) is 4.90 Å². The molecule has 1 saturated heterocycles. The molecule has 2 rings (SSSR count). The van der Waals surface area contributed by atoms with Gasteiger partial charge in [0, 0.05) is 18.6 Å². The van der Waals surface area contributed by atoms with E-state index in [1.807, 2.05) is 0 Å². The molecule has 1 heteroatoms. The minimum absolute atomic E-state index is 0.775. The number of hydrogen-bond donors (Lipinski definition) is 0. The summed E-state index contributed by atoms with van der Waals surface area (Å²) in [6, 6.07) is 1.72. The van der Waals surface area contributed by atoms with E-state index in [-0.39, 0.29) is 0 Å². The zero-order valence-corrected chi connectivity index (χ0v) is 7.88. The summed E-state index contributed by atoms with van der Waals surface area (Å²) in [6.07, 6.45) is 2.95. The Labute approximate surface area is 69.8 Å². The fourth-order valence-corrected chi connectivity index (χ4v) is 2.88. The number of nitrogens with zero attached hydrogens (tertiary/aromatic N) is 1. The van der Waals surface area contributed by atoms with Crippen LogP contribution in [0.5, 0.6) is 0 Å². The van der Waals surface area contributed by atoms with E-state index in [1.165, 1.54) is 19.4 Å². The molecule has 1 nitrogen and oxygen atoms in total. The van der Waals surface area contributed by atoms with Crippen LogP contribution in [0.25, 0.3) is 0 Å². The van der Waals surface area contributed by atoms with E-state index in [2.05, 4.69) is 25.7 Å². The van der Waals surface area contributed by atoms with Gasteiger partial charge in [0.15, 0.2) is 0 Å². The fraction of sp³-hybridized carbons (Fsp3) is 1.00. The molecule has 2 fully saturated rings. The van der Waals surface area contributed by atoms with Gasteiger partial charge in [-0.25, -0.2) is 0 Å². The van der Waals surface area contributed by atoms with Crippen LogP contribution < -0.4 is 0 Å². The first kappa shape index (κ1) is 7.60. The van der Waals surface area contributed by atoms with E-state index in [1.54, 1.807) is 0 Å². The molecule has 0 N–H and O–H groups in total. The lowest BCUT2D eigenvalue weighted by Gasteiger charge is -2.32. The second-order valence-electron chi connectivity index (χ2n) is 4.65. The molecule has 1 saturated carbocycles. The first-order valence-electron chi connectivity index (χ1n) is 4.94. The SMILES string of the molecule is CC(C)N1CC2CC1C[C@@H]2C. The van der Waals surface area contributed by atoms with Crippen molar-refractivity contribution in [1.82, 2.24) is 4.90 Å². The molecule has 11 heavy (non-hydrogen) atoms. The highest BCUT2D eigenvalue weighted by Crippen LogP contribution is 2.42. The topological polar surface area (TPSA) is 3.24 Å². The number of likely N-dealkylation sites (tertiary alicyclic amines) is 1. The van der Waals surface area contributed by atoms with Crippen molar-refractivity contribution in [3.8, 4) is 0 Å². The average molecular weight is 153 g/mol. The molecule has 64 valence electrons. The zero-order valence-electron chi connectivity index (χ0n) is 7.88. The Hall–Kier alpha value is -0.0400. The van der Waals surface area contributed by atoms with Gasteiger partial charge in [-0.15, -0.1) is 0 Å². The normalized spacial score (nSPS) is 44.2. The summed E-state index contributed by atoms with van der Waals surface area (Å²) < 4.78 is 0. The van der Waals surface area contributed by atoms with Crippen LogP contribution in [0.15, 0.2) is 0 Å². The highest BCUT2D eigenvalue weighted by atomic mass is 15.2. The lowest BCUT2D eigenvalue weighted by molar-refractivity contribution is 0.145. The average Bonchev–Trinajstić information content (AvgIpc) is 2.43. The van der Waals surface area contributed by atoms with Crippen molar-refractivity contribution in [2.45, 2.75) is 45.7 Å². The van der Waals surface area contributed by atoms with Gasteiger partial charge in [-0.1, -0.05) is 6.92 Å². The predicted octanol–water partition coefficient (Wildman–Crippen LogP) is 2.13. The van der Waals surface area contributed by atoms with Gasteiger partial charge < -0.3 is 0 Å². The van der Waals surface area contributed by atoms with Gasteiger partial charge in [0.2, 0.25) is 0 Å². The van der Waals surface area contributed by atoms with Gasteiger partial charge in [0.1, 0.15) is 0 Å². The molecule has 2 bridgehead atoms. The molecule has 2 unspecified atom stereocenters. The number of fused-ring (bicyclic) bond motifs is 2. The summed E-state index contributed by atoms with van der Waals surface area (Å²) in [5.74, 6) is 2.04. The first-order chi connectivity index (χ1) is 5.18. The number of piperidine rings is 1. The maximum atomic E-state index is 2.69. The van der Waals surface area contributed by atoms with Crippen molar-refractivity contribution in [2.24, 2.45) is 11.8 Å². The summed E-state index contributed by atoms with van der Waals surface area (Å²) in [5, 5.41) is 0. The van der Waals surface area contributed by atoms with Crippen molar-refractivity contribution in [3.05, 3.63) is 0 Å². The van der Waals surface area contributed by atoms with Crippen molar-refractivity contribution in [3.63, 3.8) is 0 Å². The van der Waals surface area contributed by atoms with Crippen LogP contribution >= 0.6 is 0 Å². The quantitative estimate of drug-likeness (QED) is 0.558. The van der Waals surface area contributed by atoms with Crippen molar-refractivity contribution in [2.75, 3.05) is 6.54 Å². The van der Waals surface area contributed by atoms with Crippen LogP contribution in [0.4, 0.5) is 0 Å². The summed E-state index contributed by atoms with van der Waals surface area (Å²) in [6.45, 7) is 8.45. The second-order valence-corrected chi connectivity index (χ2v) is 4.65. The van der Waals surface area contributed by atoms with Crippen LogP contribution in [0.3, 0.4) is 0 Å². The molecular formula is C10H19N. The lowest BCUT2D eigenvalue weighted by Crippen LogP contribution is -2.39. The summed E-state index contributed by atoms with van der Waals surface area (Å²) in [7, 11) is 0. The molecular weight excluding hydrogens is 134 g/mol. The molecule has 1 heterocycles. The first-order valence-corrected chi connectivity index (χ1v) is 4.94. The van der Waals surface area contributed by atoms with Gasteiger partial charge in [0.25, 0.3) is 0 Å². The van der Waals surface area contributed by atoms with E-state index in [4.69, 9.17) is 0 Å². The number of rotatable bonds is 1. The van der Waals surface area contributed by atoms with Crippen LogP contribution in [0.1, 0.15) is 33.6 Å². The van der Waals surface area contributed by atoms with Gasteiger partial charge >= 0.3 is 0 Å². The summed E-state index contributed by atoms with van der Waals surface area (Å²) in [5.41, 5.74) is 0. The lowest BCUT2D eigenvalue weighted by atomic mass is 9.96. The largest absolute Gasteiger partial charge is 0.298 e. The molecule has 0 amide bonds. The Bertz CT molecular complexity index is 151. The minimum Gasteiger partial charge on any atom is -0.298 e. The standard InChI is InChI=1S/C10H19N/c1-7(2)11-6-9-5-10(11)4-8(9)3/h7-10H,4-6H2,1-3H3/t8-,9?,10?/m0/s1. The van der Waals surface area contributed by atoms with Crippen molar-refractivity contribution < 1.29 is 0 Å². The zero-order chi connectivity index (χ0) is 8.01.